The molecule has 3 unspecified atom stereocenters. The van der Waals surface area contributed by atoms with Gasteiger partial charge in [0.1, 0.15) is 17.0 Å². The maximum atomic E-state index is 14.0. The lowest BCUT2D eigenvalue weighted by atomic mass is 10.1. The Balaban J connectivity index is 1.60. The third-order valence-corrected chi connectivity index (χ3v) is 5.64. The molecule has 1 amide bonds. The molecule has 0 aliphatic carbocycles. The zero-order chi connectivity index (χ0) is 23.3. The molecule has 0 radical (unpaired) electrons. The monoisotopic (exact) mass is 469 g/mol. The highest BCUT2D eigenvalue weighted by Gasteiger charge is 2.44. The number of amides is 1. The van der Waals surface area contributed by atoms with Crippen molar-refractivity contribution in [3.8, 4) is 0 Å². The second-order valence-electron chi connectivity index (χ2n) is 7.45. The van der Waals surface area contributed by atoms with Crippen molar-refractivity contribution >= 4 is 51.8 Å². The van der Waals surface area contributed by atoms with Gasteiger partial charge in [0, 0.05) is 6.20 Å². The number of halogens is 2. The average molecular weight is 470 g/mol. The number of anilines is 3. The maximum Gasteiger partial charge on any atom is 0.263 e. The molecule has 33 heavy (non-hydrogen) atoms. The fourth-order valence-corrected chi connectivity index (χ4v) is 4.08. The number of hydrogen-bond acceptors (Lipinski definition) is 9. The van der Waals surface area contributed by atoms with Crippen molar-refractivity contribution in [1.29, 1.82) is 0 Å². The molecule has 4 heterocycles. The number of fused-ring (bicyclic) bond motifs is 2. The minimum absolute atomic E-state index is 0.0912. The quantitative estimate of drug-likeness (QED) is 0.486. The van der Waals surface area contributed by atoms with Crippen LogP contribution < -0.4 is 21.5 Å². The molecular weight excluding hydrogens is 453 g/mol. The molecule has 3 aromatic rings. The first-order valence-corrected chi connectivity index (χ1v) is 10.3. The molecule has 11 nitrogen and oxygen atoms in total. The smallest absolute Gasteiger partial charge is 0.263 e. The molecule has 0 spiro atoms. The lowest BCUT2D eigenvalue weighted by molar-refractivity contribution is -0.122. The maximum absolute atomic E-state index is 14.0. The minimum Gasteiger partial charge on any atom is -0.368 e. The minimum atomic E-state index is -0.770. The van der Waals surface area contributed by atoms with Crippen LogP contribution >= 0.6 is 11.6 Å². The normalized spacial score (nSPS) is 20.7. The number of carbonyl (C=O) groups excluding carboxylic acids is 1. The number of nitrogens with two attached hydrogens (primary N) is 1. The van der Waals surface area contributed by atoms with E-state index in [-0.39, 0.29) is 40.2 Å². The predicted octanol–water partition coefficient (Wildman–Crippen LogP) is 1.40. The molecule has 13 heteroatoms. The predicted molar refractivity (Wildman–Crippen MR) is 121 cm³/mol. The molecule has 1 aromatic carbocycles. The van der Waals surface area contributed by atoms with Crippen molar-refractivity contribution in [2.75, 3.05) is 16.0 Å². The Morgan fingerprint density at radius 2 is 2.12 bits per heavy atom. The number of aromatic nitrogens is 4. The zero-order valence-electron chi connectivity index (χ0n) is 17.1. The van der Waals surface area contributed by atoms with E-state index in [1.54, 1.807) is 25.3 Å². The standard InChI is InChI=1S/C20H17ClFN9O2/c1-9(26-16-13-15(27-20(23)28-16)24-8-25-18(13)32)17-29-30-6-5-12(21)14(30)19(33)31(17)11-4-2-3-10(22)7-11/h2-9,12,14H,1H3,(H4,23,24,25,26,27,28,32). The second-order valence-corrected chi connectivity index (χ2v) is 7.95. The molecule has 4 N–H and O–H groups in total. The highest BCUT2D eigenvalue weighted by atomic mass is 35.5. The van der Waals surface area contributed by atoms with Crippen LogP contribution in [0.5, 0.6) is 0 Å². The van der Waals surface area contributed by atoms with Crippen molar-refractivity contribution in [2.45, 2.75) is 24.4 Å². The van der Waals surface area contributed by atoms with Crippen molar-refractivity contribution in [2.24, 2.45) is 5.10 Å². The Labute approximate surface area is 190 Å². The van der Waals surface area contributed by atoms with Crippen LogP contribution in [0.2, 0.25) is 0 Å². The van der Waals surface area contributed by atoms with E-state index < -0.39 is 28.8 Å². The van der Waals surface area contributed by atoms with Crippen LogP contribution in [0.15, 0.2) is 52.8 Å². The van der Waals surface area contributed by atoms with Crippen LogP contribution in [0.4, 0.5) is 21.8 Å². The van der Waals surface area contributed by atoms with Gasteiger partial charge in [0.15, 0.2) is 17.5 Å². The topological polar surface area (TPSA) is 145 Å². The third-order valence-electron chi connectivity index (χ3n) is 5.25. The number of rotatable bonds is 4. The summed E-state index contributed by atoms with van der Waals surface area (Å²) in [5, 5.41) is 8.60. The average Bonchev–Trinajstić information content (AvgIpc) is 3.14. The summed E-state index contributed by atoms with van der Waals surface area (Å²) in [7, 11) is 0. The number of hydrogen-bond donors (Lipinski definition) is 3. The van der Waals surface area contributed by atoms with E-state index in [4.69, 9.17) is 17.3 Å². The zero-order valence-corrected chi connectivity index (χ0v) is 17.9. The number of amidine groups is 1. The number of nitrogens with zero attached hydrogens (tertiary/aromatic N) is 6. The van der Waals surface area contributed by atoms with Crippen molar-refractivity contribution in [3.63, 3.8) is 0 Å². The van der Waals surface area contributed by atoms with Crippen LogP contribution in [-0.4, -0.2) is 54.1 Å². The first-order chi connectivity index (χ1) is 15.8. The van der Waals surface area contributed by atoms with E-state index in [9.17, 15) is 14.0 Å². The van der Waals surface area contributed by atoms with Gasteiger partial charge in [0.2, 0.25) is 5.95 Å². The molecule has 5 rings (SSSR count). The number of alkyl halides is 1. The summed E-state index contributed by atoms with van der Waals surface area (Å²) in [5.41, 5.74) is 5.72. The van der Waals surface area contributed by atoms with Gasteiger partial charge in [-0.15, -0.1) is 11.6 Å². The van der Waals surface area contributed by atoms with Gasteiger partial charge >= 0.3 is 0 Å². The molecule has 0 fully saturated rings. The van der Waals surface area contributed by atoms with E-state index >= 15 is 0 Å². The number of benzene rings is 1. The second kappa shape index (κ2) is 7.81. The summed E-state index contributed by atoms with van der Waals surface area (Å²) in [6.45, 7) is 1.71. The van der Waals surface area contributed by atoms with Crippen LogP contribution in [0.3, 0.4) is 0 Å². The lowest BCUT2D eigenvalue weighted by Crippen LogP contribution is -2.58. The van der Waals surface area contributed by atoms with Crippen LogP contribution in [0.1, 0.15) is 6.92 Å². The van der Waals surface area contributed by atoms with Gasteiger partial charge in [0.05, 0.1) is 23.4 Å². The van der Waals surface area contributed by atoms with Gasteiger partial charge in [-0.2, -0.15) is 15.1 Å². The molecule has 0 saturated carbocycles. The molecule has 0 bridgehead atoms. The molecule has 2 aliphatic rings. The van der Waals surface area contributed by atoms with E-state index in [2.05, 4.69) is 30.4 Å². The molecule has 2 aromatic heterocycles. The largest absolute Gasteiger partial charge is 0.368 e. The SMILES string of the molecule is CC(Nc1nc(N)nc2nc[nH]c(=O)c12)C1=NN2C=CC(Cl)C2C(=O)N1c1cccc(F)c1. The fraction of sp³-hybridized carbons (Fsp3) is 0.200. The Morgan fingerprint density at radius 3 is 2.91 bits per heavy atom. The fourth-order valence-electron chi connectivity index (χ4n) is 3.79. The number of nitrogen functional groups attached to an aromatic ring is 1. The Morgan fingerprint density at radius 1 is 1.30 bits per heavy atom. The number of carbonyl (C=O) groups is 1. The highest BCUT2D eigenvalue weighted by Crippen LogP contribution is 2.31. The molecule has 2 aliphatic heterocycles. The van der Waals surface area contributed by atoms with E-state index in [1.807, 2.05) is 0 Å². The summed E-state index contributed by atoms with van der Waals surface area (Å²) in [4.78, 5) is 41.8. The molecule has 0 saturated heterocycles. The number of nitrogens with one attached hydrogen (secondary N) is 2. The molecular formula is C20H17ClFN9O2. The van der Waals surface area contributed by atoms with Gasteiger partial charge in [-0.25, -0.2) is 9.37 Å². The van der Waals surface area contributed by atoms with Crippen LogP contribution in [0, 0.1) is 5.82 Å². The summed E-state index contributed by atoms with van der Waals surface area (Å²) >= 11 is 6.31. The Bertz CT molecular complexity index is 1390. The van der Waals surface area contributed by atoms with Gasteiger partial charge in [-0.1, -0.05) is 6.07 Å². The Kier molecular flexibility index (Phi) is 4.93. The summed E-state index contributed by atoms with van der Waals surface area (Å²) in [6, 6.07) is 4.14. The van der Waals surface area contributed by atoms with Crippen molar-refractivity contribution in [3.05, 3.63) is 59.0 Å². The van der Waals surface area contributed by atoms with Gasteiger partial charge in [0.25, 0.3) is 11.5 Å². The van der Waals surface area contributed by atoms with Gasteiger partial charge < -0.3 is 16.0 Å². The van der Waals surface area contributed by atoms with Crippen molar-refractivity contribution in [1.82, 2.24) is 24.9 Å². The van der Waals surface area contributed by atoms with Crippen molar-refractivity contribution < 1.29 is 9.18 Å². The summed E-state index contributed by atoms with van der Waals surface area (Å²) < 4.78 is 14.0. The van der Waals surface area contributed by atoms with Crippen LogP contribution in [0.25, 0.3) is 11.0 Å². The van der Waals surface area contributed by atoms with E-state index in [0.29, 0.717) is 0 Å². The van der Waals surface area contributed by atoms with Gasteiger partial charge in [-0.05, 0) is 31.2 Å². The number of H-pyrrole nitrogens is 1. The van der Waals surface area contributed by atoms with E-state index in [1.165, 1.54) is 34.4 Å². The number of hydrazone groups is 1. The molecule has 3 atom stereocenters. The first-order valence-electron chi connectivity index (χ1n) is 9.89. The first kappa shape index (κ1) is 20.8. The van der Waals surface area contributed by atoms with Gasteiger partial charge in [-0.3, -0.25) is 19.5 Å². The summed E-state index contributed by atoms with van der Waals surface area (Å²) in [6.07, 6.45) is 4.48. The summed E-state index contributed by atoms with van der Waals surface area (Å²) in [5.74, 6) is -0.630. The Hall–Kier alpha value is -4.06. The van der Waals surface area contributed by atoms with E-state index in [0.717, 1.165) is 0 Å². The van der Waals surface area contributed by atoms with Crippen LogP contribution in [-0.2, 0) is 4.79 Å². The lowest BCUT2D eigenvalue weighted by Gasteiger charge is -2.38. The third kappa shape index (κ3) is 3.53. The molecule has 168 valence electrons. The highest BCUT2D eigenvalue weighted by molar-refractivity contribution is 6.28. The number of aromatic amines is 1.